The van der Waals surface area contributed by atoms with Crippen molar-refractivity contribution >= 4 is 23.2 Å². The van der Waals surface area contributed by atoms with Crippen molar-refractivity contribution in [3.8, 4) is 11.5 Å². The van der Waals surface area contributed by atoms with E-state index in [-0.39, 0.29) is 11.3 Å². The van der Waals surface area contributed by atoms with Crippen LogP contribution in [0.5, 0.6) is 11.5 Å². The minimum absolute atomic E-state index is 0.0730. The first-order valence-electron chi connectivity index (χ1n) is 6.48. The average molecular weight is 307 g/mol. The van der Waals surface area contributed by atoms with E-state index in [9.17, 15) is 9.90 Å². The molecule has 0 saturated heterocycles. The smallest absolute Gasteiger partial charge is 0.257 e. The van der Waals surface area contributed by atoms with Crippen LogP contribution in [0.4, 0.5) is 5.69 Å². The van der Waals surface area contributed by atoms with E-state index in [1.54, 1.807) is 18.2 Å². The van der Waals surface area contributed by atoms with Crippen molar-refractivity contribution in [1.29, 1.82) is 0 Å². The summed E-state index contributed by atoms with van der Waals surface area (Å²) in [6.07, 6.45) is 3.48. The molecule has 6 heteroatoms. The Morgan fingerprint density at radius 1 is 1.38 bits per heavy atom. The highest BCUT2D eigenvalue weighted by Crippen LogP contribution is 2.28. The minimum atomic E-state index is -0.401. The normalized spacial score (nSPS) is 10.2. The molecular formula is C15H15ClN2O3. The maximum Gasteiger partial charge on any atom is 0.257 e. The lowest BCUT2D eigenvalue weighted by atomic mass is 10.2. The summed E-state index contributed by atoms with van der Waals surface area (Å²) in [6, 6.07) is 6.34. The first-order chi connectivity index (χ1) is 10.1. The Morgan fingerprint density at radius 2 is 2.19 bits per heavy atom. The Morgan fingerprint density at radius 3 is 2.90 bits per heavy atom. The maximum absolute atomic E-state index is 12.1. The Hall–Kier alpha value is -2.27. The maximum atomic E-state index is 12.1. The molecule has 1 heterocycles. The number of amides is 1. The number of halogens is 1. The van der Waals surface area contributed by atoms with E-state index in [0.29, 0.717) is 23.1 Å². The molecule has 0 aliphatic heterocycles. The number of pyridine rings is 1. The van der Waals surface area contributed by atoms with Crippen molar-refractivity contribution in [3.63, 3.8) is 0 Å². The highest BCUT2D eigenvalue weighted by Gasteiger charge is 2.11. The van der Waals surface area contributed by atoms with Crippen LogP contribution in [0.1, 0.15) is 23.7 Å². The van der Waals surface area contributed by atoms with Gasteiger partial charge < -0.3 is 15.2 Å². The molecule has 21 heavy (non-hydrogen) atoms. The fourth-order valence-corrected chi connectivity index (χ4v) is 1.86. The molecule has 1 amide bonds. The van der Waals surface area contributed by atoms with Gasteiger partial charge in [0, 0.05) is 11.2 Å². The van der Waals surface area contributed by atoms with Crippen molar-refractivity contribution in [1.82, 2.24) is 4.98 Å². The number of nitrogens with one attached hydrogen (secondary N) is 1. The molecule has 110 valence electrons. The first kappa shape index (κ1) is 15.1. The third kappa shape index (κ3) is 4.10. The van der Waals surface area contributed by atoms with Gasteiger partial charge in [-0.1, -0.05) is 18.5 Å². The van der Waals surface area contributed by atoms with Crippen LogP contribution >= 0.6 is 11.6 Å². The van der Waals surface area contributed by atoms with Crippen molar-refractivity contribution in [2.45, 2.75) is 13.3 Å². The van der Waals surface area contributed by atoms with E-state index in [2.05, 4.69) is 10.3 Å². The summed E-state index contributed by atoms with van der Waals surface area (Å²) in [7, 11) is 0. The van der Waals surface area contributed by atoms with E-state index in [1.807, 2.05) is 6.92 Å². The fourth-order valence-electron chi connectivity index (χ4n) is 1.68. The number of nitrogens with zero attached hydrogens (tertiary/aromatic N) is 1. The molecule has 0 spiro atoms. The van der Waals surface area contributed by atoms with Gasteiger partial charge in [-0.3, -0.25) is 9.78 Å². The van der Waals surface area contributed by atoms with Crippen LogP contribution in [0.2, 0.25) is 5.02 Å². The highest BCUT2D eigenvalue weighted by molar-refractivity contribution is 6.31. The van der Waals surface area contributed by atoms with Crippen LogP contribution in [0.25, 0.3) is 0 Å². The van der Waals surface area contributed by atoms with Crippen LogP contribution < -0.4 is 10.1 Å². The molecule has 0 atom stereocenters. The lowest BCUT2D eigenvalue weighted by molar-refractivity contribution is 0.102. The zero-order valence-electron chi connectivity index (χ0n) is 11.5. The molecule has 0 radical (unpaired) electrons. The molecule has 0 aliphatic carbocycles. The van der Waals surface area contributed by atoms with E-state index < -0.39 is 5.91 Å². The average Bonchev–Trinajstić information content (AvgIpc) is 2.46. The van der Waals surface area contributed by atoms with Crippen LogP contribution in [0, 0.1) is 0 Å². The number of anilines is 1. The summed E-state index contributed by atoms with van der Waals surface area (Å²) in [4.78, 5) is 15.9. The molecular weight excluding hydrogens is 292 g/mol. The minimum Gasteiger partial charge on any atom is -0.506 e. The Labute approximate surface area is 127 Å². The second kappa shape index (κ2) is 6.95. The fraction of sp³-hybridized carbons (Fsp3) is 0.200. The summed E-state index contributed by atoms with van der Waals surface area (Å²) in [5.41, 5.74) is 0.723. The summed E-state index contributed by atoms with van der Waals surface area (Å²) in [6.45, 7) is 2.53. The third-order valence-corrected chi connectivity index (χ3v) is 2.87. The van der Waals surface area contributed by atoms with Crippen molar-refractivity contribution in [2.24, 2.45) is 0 Å². The Bertz CT molecular complexity index is 647. The van der Waals surface area contributed by atoms with Crippen LogP contribution in [-0.2, 0) is 0 Å². The quantitative estimate of drug-likeness (QED) is 0.887. The van der Waals surface area contributed by atoms with Gasteiger partial charge in [-0.25, -0.2) is 0 Å². The number of carbonyl (C=O) groups is 1. The second-order valence-electron chi connectivity index (χ2n) is 4.37. The van der Waals surface area contributed by atoms with E-state index in [1.165, 1.54) is 18.5 Å². The van der Waals surface area contributed by atoms with Crippen molar-refractivity contribution in [3.05, 3.63) is 47.2 Å². The van der Waals surface area contributed by atoms with Gasteiger partial charge in [0.25, 0.3) is 5.91 Å². The standard InChI is InChI=1S/C15H15ClN2O3/c1-2-5-21-14-4-3-11(16)7-13(14)18-15(20)10-6-12(19)9-17-8-10/h3-4,6-9,19H,2,5H2,1H3,(H,18,20). The van der Waals surface area contributed by atoms with Crippen LogP contribution in [0.15, 0.2) is 36.7 Å². The molecule has 0 saturated carbocycles. The van der Waals surface area contributed by atoms with Gasteiger partial charge in [0.2, 0.25) is 0 Å². The molecule has 0 aliphatic rings. The summed E-state index contributed by atoms with van der Waals surface area (Å²) in [5.74, 6) is 0.0703. The molecule has 0 unspecified atom stereocenters. The Kier molecular flexibility index (Phi) is 5.00. The molecule has 2 aromatic rings. The number of ether oxygens (including phenoxy) is 1. The monoisotopic (exact) mass is 306 g/mol. The number of carbonyl (C=O) groups excluding carboxylic acids is 1. The van der Waals surface area contributed by atoms with Gasteiger partial charge in [0.15, 0.2) is 0 Å². The molecule has 1 aromatic heterocycles. The van der Waals surface area contributed by atoms with Gasteiger partial charge in [-0.15, -0.1) is 0 Å². The van der Waals surface area contributed by atoms with E-state index in [4.69, 9.17) is 16.3 Å². The number of hydrogen-bond donors (Lipinski definition) is 2. The lowest BCUT2D eigenvalue weighted by Gasteiger charge is -2.12. The highest BCUT2D eigenvalue weighted by atomic mass is 35.5. The third-order valence-electron chi connectivity index (χ3n) is 2.64. The van der Waals surface area contributed by atoms with E-state index in [0.717, 1.165) is 6.42 Å². The Balaban J connectivity index is 2.21. The van der Waals surface area contributed by atoms with Crippen molar-refractivity contribution in [2.75, 3.05) is 11.9 Å². The number of aromatic nitrogens is 1. The largest absolute Gasteiger partial charge is 0.506 e. The van der Waals surface area contributed by atoms with Gasteiger partial charge in [-0.05, 0) is 30.7 Å². The molecule has 1 aromatic carbocycles. The predicted molar refractivity (Wildman–Crippen MR) is 81.1 cm³/mol. The number of rotatable bonds is 5. The molecule has 0 bridgehead atoms. The molecule has 0 fully saturated rings. The number of hydrogen-bond acceptors (Lipinski definition) is 4. The zero-order valence-corrected chi connectivity index (χ0v) is 12.2. The summed E-state index contributed by atoms with van der Waals surface area (Å²) in [5, 5.41) is 12.5. The second-order valence-corrected chi connectivity index (χ2v) is 4.81. The van der Waals surface area contributed by atoms with Gasteiger partial charge in [-0.2, -0.15) is 0 Å². The number of benzene rings is 1. The number of aromatic hydroxyl groups is 1. The van der Waals surface area contributed by atoms with Gasteiger partial charge in [0.1, 0.15) is 11.5 Å². The van der Waals surface area contributed by atoms with Crippen molar-refractivity contribution < 1.29 is 14.6 Å². The summed E-state index contributed by atoms with van der Waals surface area (Å²) >= 11 is 5.95. The predicted octanol–water partition coefficient (Wildman–Crippen LogP) is 3.48. The molecule has 2 N–H and O–H groups in total. The van der Waals surface area contributed by atoms with E-state index >= 15 is 0 Å². The van der Waals surface area contributed by atoms with Crippen LogP contribution in [0.3, 0.4) is 0 Å². The first-order valence-corrected chi connectivity index (χ1v) is 6.85. The van der Waals surface area contributed by atoms with Gasteiger partial charge in [0.05, 0.1) is 24.1 Å². The molecule has 2 rings (SSSR count). The lowest BCUT2D eigenvalue weighted by Crippen LogP contribution is -2.13. The zero-order chi connectivity index (χ0) is 15.2. The summed E-state index contributed by atoms with van der Waals surface area (Å²) < 4.78 is 5.56. The van der Waals surface area contributed by atoms with Crippen LogP contribution in [-0.4, -0.2) is 22.6 Å². The SMILES string of the molecule is CCCOc1ccc(Cl)cc1NC(=O)c1cncc(O)c1. The molecule has 5 nitrogen and oxygen atoms in total. The van der Waals surface area contributed by atoms with Gasteiger partial charge >= 0.3 is 0 Å². The topological polar surface area (TPSA) is 71.5 Å².